The Morgan fingerprint density at radius 3 is 3.06 bits per heavy atom. The van der Waals surface area contributed by atoms with E-state index in [9.17, 15) is 4.79 Å². The summed E-state index contributed by atoms with van der Waals surface area (Å²) in [5.74, 6) is 1.07. The van der Waals surface area contributed by atoms with Crippen LogP contribution in [0.3, 0.4) is 0 Å². The van der Waals surface area contributed by atoms with Gasteiger partial charge in [-0.1, -0.05) is 6.07 Å². The molecule has 4 nitrogen and oxygen atoms in total. The molecule has 2 aromatic heterocycles. The molecule has 4 heteroatoms. The van der Waals surface area contributed by atoms with Crippen LogP contribution in [0.5, 0.6) is 0 Å². The van der Waals surface area contributed by atoms with E-state index in [4.69, 9.17) is 4.42 Å². The van der Waals surface area contributed by atoms with E-state index >= 15 is 0 Å². The summed E-state index contributed by atoms with van der Waals surface area (Å²) >= 11 is 0. The fourth-order valence-corrected chi connectivity index (χ4v) is 2.59. The Labute approximate surface area is 103 Å². The molecule has 0 spiro atoms. The van der Waals surface area contributed by atoms with E-state index < -0.39 is 0 Å². The highest BCUT2D eigenvalue weighted by Crippen LogP contribution is 2.31. The van der Waals surface area contributed by atoms with E-state index in [1.807, 2.05) is 24.3 Å². The fourth-order valence-electron chi connectivity index (χ4n) is 2.59. The molecule has 0 radical (unpaired) electrons. The zero-order valence-corrected chi connectivity index (χ0v) is 9.59. The molecule has 1 aliphatic heterocycles. The summed E-state index contributed by atoms with van der Waals surface area (Å²) in [7, 11) is 0. The minimum Gasteiger partial charge on any atom is -0.472 e. The van der Waals surface area contributed by atoms with Crippen molar-refractivity contribution in [1.82, 2.24) is 9.55 Å². The average molecular weight is 238 g/mol. The van der Waals surface area contributed by atoms with Crippen molar-refractivity contribution < 1.29 is 9.21 Å². The van der Waals surface area contributed by atoms with Crippen molar-refractivity contribution in [3.05, 3.63) is 42.4 Å². The van der Waals surface area contributed by atoms with Crippen molar-refractivity contribution in [3.63, 3.8) is 0 Å². The molecule has 0 aliphatic carbocycles. The van der Waals surface area contributed by atoms with Crippen LogP contribution >= 0.6 is 0 Å². The molecule has 1 aliphatic rings. The molecule has 0 amide bonds. The number of Topliss-reactive ketones (excluding diaryl/α,β-unsaturated/α-hetero) is 1. The molecule has 3 heterocycles. The van der Waals surface area contributed by atoms with E-state index in [0.29, 0.717) is 13.0 Å². The van der Waals surface area contributed by atoms with Crippen LogP contribution in [0.1, 0.15) is 16.8 Å². The van der Waals surface area contributed by atoms with Gasteiger partial charge in [0, 0.05) is 18.5 Å². The molecule has 4 rings (SSSR count). The van der Waals surface area contributed by atoms with Crippen LogP contribution < -0.4 is 0 Å². The number of hydrogen-bond donors (Lipinski definition) is 0. The molecule has 0 atom stereocenters. The first-order valence-electron chi connectivity index (χ1n) is 5.89. The second-order valence-electron chi connectivity index (χ2n) is 4.45. The Kier molecular flexibility index (Phi) is 1.78. The highest BCUT2D eigenvalue weighted by atomic mass is 16.3. The van der Waals surface area contributed by atoms with Gasteiger partial charge < -0.3 is 8.98 Å². The van der Waals surface area contributed by atoms with Gasteiger partial charge in [0.15, 0.2) is 5.78 Å². The van der Waals surface area contributed by atoms with Gasteiger partial charge in [-0.3, -0.25) is 4.79 Å². The lowest BCUT2D eigenvalue weighted by molar-refractivity contribution is 0.0973. The number of furan rings is 1. The van der Waals surface area contributed by atoms with E-state index in [1.165, 1.54) is 0 Å². The smallest absolute Gasteiger partial charge is 0.166 e. The standard InChI is InChI=1S/C14H10N2O2/c17-12-4-6-16-13-10(12)2-1-3-11(13)15-14(16)9-5-7-18-8-9/h1-3,5,7-8H,4,6H2. The summed E-state index contributed by atoms with van der Waals surface area (Å²) in [6.07, 6.45) is 3.85. The second kappa shape index (κ2) is 3.32. The first-order valence-corrected chi connectivity index (χ1v) is 5.89. The van der Waals surface area contributed by atoms with E-state index in [1.54, 1.807) is 12.5 Å². The predicted molar refractivity (Wildman–Crippen MR) is 66.4 cm³/mol. The monoisotopic (exact) mass is 238 g/mol. The molecule has 1 aromatic carbocycles. The zero-order chi connectivity index (χ0) is 12.1. The van der Waals surface area contributed by atoms with Crippen LogP contribution in [-0.2, 0) is 6.54 Å². The van der Waals surface area contributed by atoms with Gasteiger partial charge in [-0.25, -0.2) is 4.98 Å². The molecule has 0 N–H and O–H groups in total. The number of benzene rings is 1. The summed E-state index contributed by atoms with van der Waals surface area (Å²) in [4.78, 5) is 16.5. The maximum atomic E-state index is 11.9. The lowest BCUT2D eigenvalue weighted by Gasteiger charge is -2.15. The van der Waals surface area contributed by atoms with E-state index in [2.05, 4.69) is 9.55 Å². The molecule has 18 heavy (non-hydrogen) atoms. The summed E-state index contributed by atoms with van der Waals surface area (Å²) in [6.45, 7) is 0.687. The third-order valence-corrected chi connectivity index (χ3v) is 3.41. The van der Waals surface area contributed by atoms with Crippen molar-refractivity contribution in [2.24, 2.45) is 0 Å². The van der Waals surface area contributed by atoms with E-state index in [-0.39, 0.29) is 5.78 Å². The first kappa shape index (κ1) is 9.65. The first-order chi connectivity index (χ1) is 8.84. The number of aryl methyl sites for hydroxylation is 1. The van der Waals surface area contributed by atoms with Gasteiger partial charge in [-0.2, -0.15) is 0 Å². The topological polar surface area (TPSA) is 48.0 Å². The Hall–Kier alpha value is -2.36. The minimum atomic E-state index is 0.201. The zero-order valence-electron chi connectivity index (χ0n) is 9.59. The van der Waals surface area contributed by atoms with Crippen molar-refractivity contribution in [2.75, 3.05) is 0 Å². The number of carbonyl (C=O) groups excluding carboxylic acids is 1. The SMILES string of the molecule is O=C1CCn2c(-c3ccoc3)nc3cccc1c32. The van der Waals surface area contributed by atoms with Crippen LogP contribution in [-0.4, -0.2) is 15.3 Å². The van der Waals surface area contributed by atoms with Gasteiger partial charge in [-0.05, 0) is 18.2 Å². The highest BCUT2D eigenvalue weighted by Gasteiger charge is 2.23. The average Bonchev–Trinajstić information content (AvgIpc) is 3.02. The maximum Gasteiger partial charge on any atom is 0.166 e. The van der Waals surface area contributed by atoms with Gasteiger partial charge in [-0.15, -0.1) is 0 Å². The largest absolute Gasteiger partial charge is 0.472 e. The molecular weight excluding hydrogens is 228 g/mol. The number of imidazole rings is 1. The number of carbonyl (C=O) groups is 1. The van der Waals surface area contributed by atoms with Crippen LogP contribution in [0.4, 0.5) is 0 Å². The molecule has 3 aromatic rings. The van der Waals surface area contributed by atoms with Crippen LogP contribution in [0.2, 0.25) is 0 Å². The molecule has 0 bridgehead atoms. The number of para-hydroxylation sites is 1. The maximum absolute atomic E-state index is 11.9. The molecule has 0 saturated carbocycles. The predicted octanol–water partition coefficient (Wildman–Crippen LogP) is 2.88. The summed E-state index contributed by atoms with van der Waals surface area (Å²) in [5.41, 5.74) is 3.55. The normalized spacial score (nSPS) is 14.3. The lowest BCUT2D eigenvalue weighted by atomic mass is 10.0. The Balaban J connectivity index is 2.12. The van der Waals surface area contributed by atoms with Crippen LogP contribution in [0.25, 0.3) is 22.4 Å². The van der Waals surface area contributed by atoms with E-state index in [0.717, 1.165) is 28.0 Å². The second-order valence-corrected chi connectivity index (χ2v) is 4.45. The molecule has 0 unspecified atom stereocenters. The van der Waals surface area contributed by atoms with Gasteiger partial charge in [0.05, 0.1) is 22.9 Å². The van der Waals surface area contributed by atoms with Gasteiger partial charge in [0.1, 0.15) is 12.1 Å². The van der Waals surface area contributed by atoms with Crippen molar-refractivity contribution in [2.45, 2.75) is 13.0 Å². The summed E-state index contributed by atoms with van der Waals surface area (Å²) in [5, 5.41) is 0. The van der Waals surface area contributed by atoms with Gasteiger partial charge in [0.2, 0.25) is 0 Å². The Morgan fingerprint density at radius 2 is 2.22 bits per heavy atom. The number of nitrogens with zero attached hydrogens (tertiary/aromatic N) is 2. The molecule has 88 valence electrons. The molecule has 0 saturated heterocycles. The lowest BCUT2D eigenvalue weighted by Crippen LogP contribution is -2.14. The van der Waals surface area contributed by atoms with Crippen molar-refractivity contribution in [3.8, 4) is 11.4 Å². The van der Waals surface area contributed by atoms with Crippen LogP contribution in [0, 0.1) is 0 Å². The number of rotatable bonds is 1. The van der Waals surface area contributed by atoms with Gasteiger partial charge >= 0.3 is 0 Å². The minimum absolute atomic E-state index is 0.201. The Bertz CT molecular complexity index is 754. The number of aromatic nitrogens is 2. The summed E-state index contributed by atoms with van der Waals surface area (Å²) in [6, 6.07) is 7.59. The number of ketones is 1. The summed E-state index contributed by atoms with van der Waals surface area (Å²) < 4.78 is 7.22. The third kappa shape index (κ3) is 1.14. The highest BCUT2D eigenvalue weighted by molar-refractivity contribution is 6.08. The molecular formula is C14H10N2O2. The quantitative estimate of drug-likeness (QED) is 0.655. The Morgan fingerprint density at radius 1 is 1.28 bits per heavy atom. The van der Waals surface area contributed by atoms with Crippen LogP contribution in [0.15, 0.2) is 41.2 Å². The fraction of sp³-hybridized carbons (Fsp3) is 0.143. The third-order valence-electron chi connectivity index (χ3n) is 3.41. The number of hydrogen-bond acceptors (Lipinski definition) is 3. The molecule has 0 fully saturated rings. The van der Waals surface area contributed by atoms with Gasteiger partial charge in [0.25, 0.3) is 0 Å². The van der Waals surface area contributed by atoms with Crippen molar-refractivity contribution in [1.29, 1.82) is 0 Å². The van der Waals surface area contributed by atoms with Crippen molar-refractivity contribution >= 4 is 16.8 Å².